The monoisotopic (exact) mass is 232 g/mol. The number of methoxy groups -OCH3 is 1. The smallest absolute Gasteiger partial charge is 0.307 e. The van der Waals surface area contributed by atoms with Crippen molar-refractivity contribution in [1.29, 1.82) is 0 Å². The van der Waals surface area contributed by atoms with Crippen LogP contribution in [0.2, 0.25) is 0 Å². The summed E-state index contributed by atoms with van der Waals surface area (Å²) in [5.74, 6) is 0.538. The van der Waals surface area contributed by atoms with Crippen LogP contribution in [0.15, 0.2) is 24.3 Å². The van der Waals surface area contributed by atoms with Crippen LogP contribution in [0.3, 0.4) is 0 Å². The van der Waals surface area contributed by atoms with E-state index in [1.54, 1.807) is 7.11 Å². The molecule has 0 aliphatic heterocycles. The molecule has 2 aliphatic carbocycles. The molecule has 3 rings (SSSR count). The highest BCUT2D eigenvalue weighted by molar-refractivity contribution is 5.77. The first-order valence-electron chi connectivity index (χ1n) is 6.06. The van der Waals surface area contributed by atoms with Crippen molar-refractivity contribution in [2.75, 3.05) is 7.11 Å². The summed E-state index contributed by atoms with van der Waals surface area (Å²) in [6.07, 6.45) is 3.13. The molecule has 1 aromatic carbocycles. The topological polar surface area (TPSA) is 46.5 Å². The Bertz CT molecular complexity index is 464. The summed E-state index contributed by atoms with van der Waals surface area (Å²) in [5.41, 5.74) is 1.05. The van der Waals surface area contributed by atoms with Gasteiger partial charge in [-0.15, -0.1) is 0 Å². The number of aliphatic carboxylic acids is 1. The number of ether oxygens (including phenoxy) is 1. The number of rotatable bonds is 4. The molecule has 1 N–H and O–H groups in total. The quantitative estimate of drug-likeness (QED) is 0.867. The normalized spacial score (nSPS) is 31.0. The predicted octanol–water partition coefficient (Wildman–Crippen LogP) is 2.45. The molecule has 90 valence electrons. The summed E-state index contributed by atoms with van der Waals surface area (Å²) in [6, 6.07) is 7.91. The Hall–Kier alpha value is -1.51. The lowest BCUT2D eigenvalue weighted by Crippen LogP contribution is -2.17. The van der Waals surface area contributed by atoms with Crippen LogP contribution in [0.25, 0.3) is 0 Å². The van der Waals surface area contributed by atoms with Crippen molar-refractivity contribution in [2.24, 2.45) is 11.8 Å². The number of carboxylic acid groups (broad SMARTS) is 1. The van der Waals surface area contributed by atoms with Gasteiger partial charge in [0.2, 0.25) is 0 Å². The van der Waals surface area contributed by atoms with E-state index in [9.17, 15) is 9.90 Å². The highest BCUT2D eigenvalue weighted by Crippen LogP contribution is 2.66. The number of carbonyl (C=O) groups is 1. The molecule has 1 unspecified atom stereocenters. The average Bonchev–Trinajstić information content (AvgIpc) is 3.18. The van der Waals surface area contributed by atoms with Gasteiger partial charge >= 0.3 is 5.97 Å². The van der Waals surface area contributed by atoms with Gasteiger partial charge in [-0.2, -0.15) is 0 Å². The zero-order valence-corrected chi connectivity index (χ0v) is 9.85. The van der Waals surface area contributed by atoms with Gasteiger partial charge in [0.15, 0.2) is 0 Å². The van der Waals surface area contributed by atoms with Gasteiger partial charge in [-0.3, -0.25) is 4.79 Å². The first kappa shape index (κ1) is 10.6. The fourth-order valence-corrected chi connectivity index (χ4v) is 3.10. The van der Waals surface area contributed by atoms with Gasteiger partial charge in [-0.1, -0.05) is 12.1 Å². The van der Waals surface area contributed by atoms with Crippen molar-refractivity contribution in [3.63, 3.8) is 0 Å². The Kier molecular flexibility index (Phi) is 2.18. The molecule has 0 radical (unpaired) electrons. The van der Waals surface area contributed by atoms with Gasteiger partial charge in [0.05, 0.1) is 13.0 Å². The molecule has 0 spiro atoms. The molecule has 2 aliphatic rings. The number of carboxylic acids is 1. The van der Waals surface area contributed by atoms with Crippen LogP contribution in [0, 0.1) is 11.8 Å². The van der Waals surface area contributed by atoms with Crippen LogP contribution in [-0.4, -0.2) is 18.2 Å². The largest absolute Gasteiger partial charge is 0.497 e. The fraction of sp³-hybridized carbons (Fsp3) is 0.500. The number of benzene rings is 1. The van der Waals surface area contributed by atoms with Crippen molar-refractivity contribution < 1.29 is 14.6 Å². The van der Waals surface area contributed by atoms with Crippen molar-refractivity contribution in [3.8, 4) is 5.75 Å². The summed E-state index contributed by atoms with van der Waals surface area (Å²) < 4.78 is 5.23. The molecule has 2 atom stereocenters. The summed E-state index contributed by atoms with van der Waals surface area (Å²) in [7, 11) is 1.64. The van der Waals surface area contributed by atoms with E-state index in [1.165, 1.54) is 12.8 Å². The van der Waals surface area contributed by atoms with E-state index in [-0.39, 0.29) is 11.3 Å². The first-order valence-corrected chi connectivity index (χ1v) is 6.06. The molecule has 0 heterocycles. The highest BCUT2D eigenvalue weighted by Gasteiger charge is 2.66. The SMILES string of the molecule is COc1cccc(C2(C3CC3)C[C@H]2C(=O)O)c1. The highest BCUT2D eigenvalue weighted by atomic mass is 16.5. The van der Waals surface area contributed by atoms with E-state index >= 15 is 0 Å². The second kappa shape index (κ2) is 3.49. The lowest BCUT2D eigenvalue weighted by molar-refractivity contribution is -0.139. The van der Waals surface area contributed by atoms with E-state index in [0.29, 0.717) is 5.92 Å². The van der Waals surface area contributed by atoms with Crippen molar-refractivity contribution in [3.05, 3.63) is 29.8 Å². The van der Waals surface area contributed by atoms with Crippen molar-refractivity contribution in [1.82, 2.24) is 0 Å². The Morgan fingerprint density at radius 3 is 2.76 bits per heavy atom. The minimum absolute atomic E-state index is 0.0969. The molecule has 17 heavy (non-hydrogen) atoms. The van der Waals surface area contributed by atoms with Crippen LogP contribution in [-0.2, 0) is 10.2 Å². The molecule has 0 aromatic heterocycles. The minimum Gasteiger partial charge on any atom is -0.497 e. The van der Waals surface area contributed by atoms with E-state index in [1.807, 2.05) is 24.3 Å². The summed E-state index contributed by atoms with van der Waals surface area (Å²) in [4.78, 5) is 11.2. The Morgan fingerprint density at radius 2 is 2.24 bits per heavy atom. The van der Waals surface area contributed by atoms with Crippen LogP contribution >= 0.6 is 0 Å². The second-order valence-corrected chi connectivity index (χ2v) is 5.14. The van der Waals surface area contributed by atoms with E-state index in [2.05, 4.69) is 0 Å². The predicted molar refractivity (Wildman–Crippen MR) is 63.1 cm³/mol. The van der Waals surface area contributed by atoms with Gasteiger partial charge < -0.3 is 9.84 Å². The zero-order chi connectivity index (χ0) is 12.0. The van der Waals surface area contributed by atoms with Gasteiger partial charge in [0, 0.05) is 5.41 Å². The summed E-state index contributed by atoms with van der Waals surface area (Å²) >= 11 is 0. The molecule has 0 bridgehead atoms. The molecule has 2 fully saturated rings. The van der Waals surface area contributed by atoms with Crippen molar-refractivity contribution >= 4 is 5.97 Å². The molecule has 3 nitrogen and oxygen atoms in total. The lowest BCUT2D eigenvalue weighted by atomic mass is 9.88. The summed E-state index contributed by atoms with van der Waals surface area (Å²) in [5, 5.41) is 9.22. The van der Waals surface area contributed by atoms with Crippen LogP contribution in [0.1, 0.15) is 24.8 Å². The molecular weight excluding hydrogens is 216 g/mol. The lowest BCUT2D eigenvalue weighted by Gasteiger charge is -2.17. The second-order valence-electron chi connectivity index (χ2n) is 5.14. The van der Waals surface area contributed by atoms with Gasteiger partial charge in [-0.25, -0.2) is 0 Å². The third kappa shape index (κ3) is 1.53. The zero-order valence-electron chi connectivity index (χ0n) is 9.85. The van der Waals surface area contributed by atoms with Gasteiger partial charge in [0.1, 0.15) is 5.75 Å². The molecule has 0 amide bonds. The Balaban J connectivity index is 1.97. The third-order valence-corrected chi connectivity index (χ3v) is 4.21. The van der Waals surface area contributed by atoms with Crippen molar-refractivity contribution in [2.45, 2.75) is 24.7 Å². The third-order valence-electron chi connectivity index (χ3n) is 4.21. The number of hydrogen-bond donors (Lipinski definition) is 1. The van der Waals surface area contributed by atoms with E-state index in [0.717, 1.165) is 17.7 Å². The molecular formula is C14H16O3. The van der Waals surface area contributed by atoms with Crippen LogP contribution in [0.5, 0.6) is 5.75 Å². The van der Waals surface area contributed by atoms with Gasteiger partial charge in [-0.05, 0) is 42.9 Å². The minimum atomic E-state index is -0.653. The number of hydrogen-bond acceptors (Lipinski definition) is 2. The van der Waals surface area contributed by atoms with E-state index in [4.69, 9.17) is 4.74 Å². The standard InChI is InChI=1S/C14H16O3/c1-17-11-4-2-3-10(7-11)14(9-5-6-9)8-12(14)13(15)16/h2-4,7,9,12H,5-6,8H2,1H3,(H,15,16)/t12-,14?/m0/s1. The van der Waals surface area contributed by atoms with Crippen LogP contribution < -0.4 is 4.74 Å². The Morgan fingerprint density at radius 1 is 1.47 bits per heavy atom. The van der Waals surface area contributed by atoms with Gasteiger partial charge in [0.25, 0.3) is 0 Å². The fourth-order valence-electron chi connectivity index (χ4n) is 3.10. The maximum Gasteiger partial charge on any atom is 0.307 e. The Labute approximate surface area is 100 Å². The maximum absolute atomic E-state index is 11.2. The molecule has 2 saturated carbocycles. The van der Waals surface area contributed by atoms with E-state index < -0.39 is 5.97 Å². The molecule has 1 aromatic rings. The average molecular weight is 232 g/mol. The maximum atomic E-state index is 11.2. The van der Waals surface area contributed by atoms with Crippen LogP contribution in [0.4, 0.5) is 0 Å². The molecule has 0 saturated heterocycles. The first-order chi connectivity index (χ1) is 8.18. The molecule has 3 heteroatoms. The summed E-state index contributed by atoms with van der Waals surface area (Å²) in [6.45, 7) is 0.